The number of hydrogen-bond donors (Lipinski definition) is 1. The number of esters is 1. The van der Waals surface area contributed by atoms with Gasteiger partial charge in [-0.2, -0.15) is 0 Å². The summed E-state index contributed by atoms with van der Waals surface area (Å²) < 4.78 is 9.65. The maximum Gasteiger partial charge on any atom is 0.408 e. The average molecular weight is 296 g/mol. The summed E-state index contributed by atoms with van der Waals surface area (Å²) in [6, 6.07) is 0. The first-order chi connectivity index (χ1) is 7.14. The van der Waals surface area contributed by atoms with Crippen LogP contribution in [0.2, 0.25) is 0 Å². The van der Waals surface area contributed by atoms with E-state index < -0.39 is 23.2 Å². The number of alkyl carbamates (subject to hydrolysis) is 1. The number of halogens is 1. The number of rotatable bonds is 3. The molecule has 5 nitrogen and oxygen atoms in total. The molecule has 0 saturated heterocycles. The van der Waals surface area contributed by atoms with Crippen LogP contribution in [0.15, 0.2) is 0 Å². The van der Waals surface area contributed by atoms with E-state index in [2.05, 4.69) is 26.0 Å². The van der Waals surface area contributed by atoms with Crippen LogP contribution in [-0.4, -0.2) is 35.6 Å². The second-order valence-corrected chi connectivity index (χ2v) is 5.14. The van der Waals surface area contributed by atoms with Crippen molar-refractivity contribution in [3.05, 3.63) is 0 Å². The van der Waals surface area contributed by atoms with Crippen molar-refractivity contribution in [1.29, 1.82) is 0 Å². The summed E-state index contributed by atoms with van der Waals surface area (Å²) in [6.07, 6.45) is -0.653. The van der Waals surface area contributed by atoms with Crippen LogP contribution in [0.3, 0.4) is 0 Å². The zero-order valence-electron chi connectivity index (χ0n) is 10.2. The molecule has 0 aliphatic carbocycles. The van der Waals surface area contributed by atoms with E-state index in [9.17, 15) is 9.59 Å². The van der Waals surface area contributed by atoms with Crippen LogP contribution >= 0.6 is 15.9 Å². The molecule has 1 amide bonds. The molecule has 0 radical (unpaired) electrons. The topological polar surface area (TPSA) is 64.6 Å². The van der Waals surface area contributed by atoms with Crippen molar-refractivity contribution in [3.63, 3.8) is 0 Å². The second-order valence-electron chi connectivity index (χ2n) is 4.58. The third kappa shape index (κ3) is 4.83. The van der Waals surface area contributed by atoms with Crippen LogP contribution in [0.4, 0.5) is 4.79 Å². The molecule has 1 N–H and O–H groups in total. The molecule has 16 heavy (non-hydrogen) atoms. The Labute approximate surface area is 104 Å². The standard InChI is InChI=1S/C10H18BrNO4/c1-9(2,3)16-8(14)12-10(4,6-11)7(13)15-5/h6H2,1-5H3,(H,12,14). The molecule has 0 heterocycles. The molecule has 6 heteroatoms. The number of carbonyl (C=O) groups excluding carboxylic acids is 2. The third-order valence-corrected chi connectivity index (χ3v) is 2.80. The molecule has 0 aromatic rings. The van der Waals surface area contributed by atoms with Gasteiger partial charge in [0.05, 0.1) is 7.11 Å². The molecule has 0 aliphatic rings. The minimum absolute atomic E-state index is 0.242. The Morgan fingerprint density at radius 2 is 1.75 bits per heavy atom. The molecule has 0 rings (SSSR count). The SMILES string of the molecule is COC(=O)C(C)(CBr)NC(=O)OC(C)(C)C. The molecule has 0 aliphatic heterocycles. The number of methoxy groups -OCH3 is 1. The molecule has 1 atom stereocenters. The van der Waals surface area contributed by atoms with Crippen molar-refractivity contribution >= 4 is 28.0 Å². The molecular formula is C10H18BrNO4. The van der Waals surface area contributed by atoms with E-state index in [-0.39, 0.29) is 5.33 Å². The Bertz CT molecular complexity index is 274. The van der Waals surface area contributed by atoms with Gasteiger partial charge in [0.1, 0.15) is 11.1 Å². The van der Waals surface area contributed by atoms with E-state index in [4.69, 9.17) is 4.74 Å². The summed E-state index contributed by atoms with van der Waals surface area (Å²) >= 11 is 3.15. The van der Waals surface area contributed by atoms with Gasteiger partial charge < -0.3 is 14.8 Å². The Morgan fingerprint density at radius 3 is 2.06 bits per heavy atom. The van der Waals surface area contributed by atoms with Gasteiger partial charge in [-0.3, -0.25) is 0 Å². The van der Waals surface area contributed by atoms with Gasteiger partial charge in [0.25, 0.3) is 0 Å². The molecule has 0 saturated carbocycles. The maximum atomic E-state index is 11.5. The Hall–Kier alpha value is -0.780. The molecular weight excluding hydrogens is 278 g/mol. The highest BCUT2D eigenvalue weighted by Crippen LogP contribution is 2.13. The zero-order valence-corrected chi connectivity index (χ0v) is 11.8. The van der Waals surface area contributed by atoms with Crippen molar-refractivity contribution in [2.24, 2.45) is 0 Å². The molecule has 1 unspecified atom stereocenters. The van der Waals surface area contributed by atoms with Crippen molar-refractivity contribution in [2.75, 3.05) is 12.4 Å². The second kappa shape index (κ2) is 5.52. The van der Waals surface area contributed by atoms with E-state index in [1.807, 2.05) is 0 Å². The van der Waals surface area contributed by atoms with Crippen molar-refractivity contribution < 1.29 is 19.1 Å². The van der Waals surface area contributed by atoms with E-state index >= 15 is 0 Å². The van der Waals surface area contributed by atoms with Crippen LogP contribution in [0.1, 0.15) is 27.7 Å². The summed E-state index contributed by atoms with van der Waals surface area (Å²) in [5.74, 6) is -0.532. The van der Waals surface area contributed by atoms with Crippen LogP contribution < -0.4 is 5.32 Å². The summed E-state index contributed by atoms with van der Waals surface area (Å²) in [5.41, 5.74) is -1.73. The number of carbonyl (C=O) groups is 2. The molecule has 0 aromatic heterocycles. The summed E-state index contributed by atoms with van der Waals surface area (Å²) in [6.45, 7) is 6.79. The number of ether oxygens (including phenoxy) is 2. The van der Waals surface area contributed by atoms with Gasteiger partial charge in [0, 0.05) is 5.33 Å². The van der Waals surface area contributed by atoms with Crippen LogP contribution in [0.5, 0.6) is 0 Å². The first-order valence-electron chi connectivity index (χ1n) is 4.80. The quantitative estimate of drug-likeness (QED) is 0.637. The largest absolute Gasteiger partial charge is 0.467 e. The number of hydrogen-bond acceptors (Lipinski definition) is 4. The van der Waals surface area contributed by atoms with Crippen molar-refractivity contribution in [1.82, 2.24) is 5.32 Å². The first kappa shape index (κ1) is 15.2. The lowest BCUT2D eigenvalue weighted by molar-refractivity contribution is -0.146. The highest BCUT2D eigenvalue weighted by atomic mass is 79.9. The Balaban J connectivity index is 4.55. The number of amides is 1. The summed E-state index contributed by atoms with van der Waals surface area (Å²) in [5, 5.41) is 2.71. The Morgan fingerprint density at radius 1 is 1.25 bits per heavy atom. The normalized spacial score (nSPS) is 14.9. The van der Waals surface area contributed by atoms with E-state index in [0.29, 0.717) is 0 Å². The van der Waals surface area contributed by atoms with Gasteiger partial charge in [-0.25, -0.2) is 9.59 Å². The predicted octanol–water partition coefficient (Wildman–Crippen LogP) is 1.84. The van der Waals surface area contributed by atoms with Crippen molar-refractivity contribution in [3.8, 4) is 0 Å². The molecule has 0 bridgehead atoms. The van der Waals surface area contributed by atoms with Crippen LogP contribution in [-0.2, 0) is 14.3 Å². The van der Waals surface area contributed by atoms with Gasteiger partial charge in [-0.1, -0.05) is 15.9 Å². The Kier molecular flexibility index (Phi) is 5.25. The highest BCUT2D eigenvalue weighted by Gasteiger charge is 2.36. The van der Waals surface area contributed by atoms with E-state index in [1.54, 1.807) is 27.7 Å². The molecule has 94 valence electrons. The number of alkyl halides is 1. The highest BCUT2D eigenvalue weighted by molar-refractivity contribution is 9.09. The summed E-state index contributed by atoms with van der Waals surface area (Å²) in [4.78, 5) is 22.9. The van der Waals surface area contributed by atoms with Gasteiger partial charge in [-0.05, 0) is 27.7 Å². The van der Waals surface area contributed by atoms with Gasteiger partial charge in [0.15, 0.2) is 0 Å². The summed E-state index contributed by atoms with van der Waals surface area (Å²) in [7, 11) is 1.26. The van der Waals surface area contributed by atoms with Crippen LogP contribution in [0, 0.1) is 0 Å². The zero-order chi connectivity index (χ0) is 13.0. The smallest absolute Gasteiger partial charge is 0.408 e. The third-order valence-electron chi connectivity index (χ3n) is 1.68. The fraction of sp³-hybridized carbons (Fsp3) is 0.800. The van der Waals surface area contributed by atoms with E-state index in [0.717, 1.165) is 0 Å². The lowest BCUT2D eigenvalue weighted by Crippen LogP contribution is -2.55. The fourth-order valence-corrected chi connectivity index (χ4v) is 1.26. The maximum absolute atomic E-state index is 11.5. The first-order valence-corrected chi connectivity index (χ1v) is 5.92. The molecule has 0 fully saturated rings. The van der Waals surface area contributed by atoms with Crippen molar-refractivity contribution in [2.45, 2.75) is 38.8 Å². The minimum Gasteiger partial charge on any atom is -0.467 e. The van der Waals surface area contributed by atoms with E-state index in [1.165, 1.54) is 7.11 Å². The van der Waals surface area contributed by atoms with Crippen LogP contribution in [0.25, 0.3) is 0 Å². The number of nitrogens with one attached hydrogen (secondary N) is 1. The average Bonchev–Trinajstić information content (AvgIpc) is 2.13. The lowest BCUT2D eigenvalue weighted by Gasteiger charge is -2.27. The lowest BCUT2D eigenvalue weighted by atomic mass is 10.1. The molecule has 0 aromatic carbocycles. The van der Waals surface area contributed by atoms with Gasteiger partial charge in [0.2, 0.25) is 0 Å². The predicted molar refractivity (Wildman–Crippen MR) is 63.6 cm³/mol. The van der Waals surface area contributed by atoms with Gasteiger partial charge >= 0.3 is 12.1 Å². The monoisotopic (exact) mass is 295 g/mol. The fourth-order valence-electron chi connectivity index (χ4n) is 0.893. The molecule has 0 spiro atoms. The van der Waals surface area contributed by atoms with Gasteiger partial charge in [-0.15, -0.1) is 0 Å². The minimum atomic E-state index is -1.13.